The van der Waals surface area contributed by atoms with Crippen LogP contribution in [0.5, 0.6) is 0 Å². The van der Waals surface area contributed by atoms with E-state index in [4.69, 9.17) is 4.74 Å². The molecule has 7 heteroatoms. The second-order valence-electron chi connectivity index (χ2n) is 5.17. The second kappa shape index (κ2) is 7.19. The normalized spacial score (nSPS) is 16.0. The molecule has 7 nitrogen and oxygen atoms in total. The molecule has 2 rings (SSSR count). The number of carbonyl (C=O) groups excluding carboxylic acids is 2. The average Bonchev–Trinajstić information content (AvgIpc) is 2.96. The lowest BCUT2D eigenvalue weighted by molar-refractivity contribution is -0.149. The Kier molecular flexibility index (Phi) is 5.30. The summed E-state index contributed by atoms with van der Waals surface area (Å²) in [5, 5.41) is 6.76. The molecule has 2 heterocycles. The van der Waals surface area contributed by atoms with E-state index < -0.39 is 0 Å². The summed E-state index contributed by atoms with van der Waals surface area (Å²) in [6, 6.07) is 0. The zero-order valence-electron chi connectivity index (χ0n) is 12.6. The molecule has 1 aromatic heterocycles. The largest absolute Gasteiger partial charge is 0.466 e. The van der Waals surface area contributed by atoms with E-state index in [0.29, 0.717) is 32.5 Å². The molecule has 0 bridgehead atoms. The predicted octanol–water partition coefficient (Wildman–Crippen LogP) is 1.17. The summed E-state index contributed by atoms with van der Waals surface area (Å²) in [4.78, 5) is 29.9. The van der Waals surface area contributed by atoms with Crippen molar-refractivity contribution in [1.29, 1.82) is 0 Å². The lowest BCUT2D eigenvalue weighted by Gasteiger charge is -2.30. The molecular weight excluding hydrogens is 272 g/mol. The minimum Gasteiger partial charge on any atom is -0.466 e. The van der Waals surface area contributed by atoms with Crippen molar-refractivity contribution in [2.24, 2.45) is 5.92 Å². The summed E-state index contributed by atoms with van der Waals surface area (Å²) in [5.74, 6) is 0.524. The van der Waals surface area contributed by atoms with Crippen molar-refractivity contribution < 1.29 is 14.3 Å². The van der Waals surface area contributed by atoms with Gasteiger partial charge in [0.2, 0.25) is 5.82 Å². The van der Waals surface area contributed by atoms with Crippen molar-refractivity contribution >= 4 is 11.9 Å². The number of likely N-dealkylation sites (tertiary alicyclic amines) is 1. The van der Waals surface area contributed by atoms with Crippen LogP contribution in [0.1, 0.15) is 49.6 Å². The van der Waals surface area contributed by atoms with Crippen LogP contribution < -0.4 is 0 Å². The van der Waals surface area contributed by atoms with Gasteiger partial charge < -0.3 is 9.64 Å². The quantitative estimate of drug-likeness (QED) is 0.824. The molecule has 1 aliphatic heterocycles. The number of ether oxygens (including phenoxy) is 1. The Balaban J connectivity index is 1.89. The van der Waals surface area contributed by atoms with E-state index >= 15 is 0 Å². The number of aromatic nitrogens is 3. The van der Waals surface area contributed by atoms with Gasteiger partial charge in [0, 0.05) is 19.5 Å². The maximum Gasteiger partial charge on any atom is 0.309 e. The van der Waals surface area contributed by atoms with Crippen molar-refractivity contribution in [2.75, 3.05) is 19.7 Å². The highest BCUT2D eigenvalue weighted by Crippen LogP contribution is 2.19. The van der Waals surface area contributed by atoms with Gasteiger partial charge in [0.25, 0.3) is 5.91 Å². The molecule has 1 saturated heterocycles. The topological polar surface area (TPSA) is 88.2 Å². The molecule has 1 aromatic rings. The molecular formula is C14H22N4O3. The van der Waals surface area contributed by atoms with Crippen LogP contribution in [0.15, 0.2) is 0 Å². The van der Waals surface area contributed by atoms with E-state index in [1.54, 1.807) is 11.8 Å². The van der Waals surface area contributed by atoms with Crippen LogP contribution in [0.25, 0.3) is 0 Å². The Morgan fingerprint density at radius 2 is 2.05 bits per heavy atom. The Hall–Kier alpha value is -1.92. The smallest absolute Gasteiger partial charge is 0.309 e. The van der Waals surface area contributed by atoms with Crippen LogP contribution in [-0.4, -0.2) is 51.7 Å². The van der Waals surface area contributed by atoms with E-state index in [-0.39, 0.29) is 23.6 Å². The zero-order chi connectivity index (χ0) is 15.2. The van der Waals surface area contributed by atoms with Crippen LogP contribution in [0.3, 0.4) is 0 Å². The number of carbonyl (C=O) groups is 2. The highest BCUT2D eigenvalue weighted by Gasteiger charge is 2.29. The van der Waals surface area contributed by atoms with Crippen molar-refractivity contribution in [3.05, 3.63) is 11.6 Å². The van der Waals surface area contributed by atoms with Gasteiger partial charge in [-0.1, -0.05) is 6.92 Å². The highest BCUT2D eigenvalue weighted by atomic mass is 16.5. The van der Waals surface area contributed by atoms with Crippen molar-refractivity contribution in [2.45, 2.75) is 39.5 Å². The fourth-order valence-corrected chi connectivity index (χ4v) is 2.46. The Morgan fingerprint density at radius 3 is 2.67 bits per heavy atom. The molecule has 21 heavy (non-hydrogen) atoms. The van der Waals surface area contributed by atoms with Gasteiger partial charge in [0.1, 0.15) is 5.82 Å². The van der Waals surface area contributed by atoms with Crippen molar-refractivity contribution in [1.82, 2.24) is 20.1 Å². The van der Waals surface area contributed by atoms with Gasteiger partial charge in [-0.15, -0.1) is 5.10 Å². The third-order valence-electron chi connectivity index (χ3n) is 3.61. The fraction of sp³-hybridized carbons (Fsp3) is 0.714. The number of aryl methyl sites for hydroxylation is 1. The molecule has 1 amide bonds. The molecule has 0 aromatic carbocycles. The third kappa shape index (κ3) is 3.80. The Labute approximate surface area is 124 Å². The molecule has 116 valence electrons. The Bertz CT molecular complexity index is 492. The number of esters is 1. The molecule has 1 fully saturated rings. The number of nitrogens with zero attached hydrogens (tertiary/aromatic N) is 3. The maximum atomic E-state index is 12.3. The van der Waals surface area contributed by atoms with Crippen LogP contribution >= 0.6 is 0 Å². The van der Waals surface area contributed by atoms with E-state index in [9.17, 15) is 9.59 Å². The molecule has 0 aliphatic carbocycles. The first-order valence-electron chi connectivity index (χ1n) is 7.52. The second-order valence-corrected chi connectivity index (χ2v) is 5.17. The number of rotatable bonds is 5. The number of piperidine rings is 1. The molecule has 1 N–H and O–H groups in total. The Morgan fingerprint density at radius 1 is 1.33 bits per heavy atom. The zero-order valence-corrected chi connectivity index (χ0v) is 12.6. The average molecular weight is 294 g/mol. The van der Waals surface area contributed by atoms with Gasteiger partial charge in [0.05, 0.1) is 12.5 Å². The lowest BCUT2D eigenvalue weighted by Crippen LogP contribution is -2.41. The summed E-state index contributed by atoms with van der Waals surface area (Å²) >= 11 is 0. The van der Waals surface area contributed by atoms with Crippen LogP contribution in [-0.2, 0) is 16.0 Å². The molecule has 0 unspecified atom stereocenters. The van der Waals surface area contributed by atoms with Crippen LogP contribution in [0, 0.1) is 5.92 Å². The van der Waals surface area contributed by atoms with Crippen molar-refractivity contribution in [3.63, 3.8) is 0 Å². The van der Waals surface area contributed by atoms with E-state index in [1.807, 2.05) is 6.92 Å². The number of H-pyrrole nitrogens is 1. The van der Waals surface area contributed by atoms with Crippen LogP contribution in [0.2, 0.25) is 0 Å². The number of aromatic amines is 1. The monoisotopic (exact) mass is 294 g/mol. The molecule has 0 saturated carbocycles. The fourth-order valence-electron chi connectivity index (χ4n) is 2.46. The molecule has 1 aliphatic rings. The maximum absolute atomic E-state index is 12.3. The van der Waals surface area contributed by atoms with Gasteiger partial charge in [-0.05, 0) is 26.2 Å². The van der Waals surface area contributed by atoms with E-state index in [0.717, 1.165) is 18.7 Å². The molecule has 0 spiro atoms. The van der Waals surface area contributed by atoms with Gasteiger partial charge in [-0.3, -0.25) is 14.7 Å². The minimum atomic E-state index is -0.170. The van der Waals surface area contributed by atoms with Crippen LogP contribution in [0.4, 0.5) is 0 Å². The summed E-state index contributed by atoms with van der Waals surface area (Å²) < 4.78 is 5.02. The SMILES string of the molecule is CCCc1nc(C(=O)N2CCC(C(=O)OCC)CC2)n[nH]1. The van der Waals surface area contributed by atoms with Gasteiger partial charge in [-0.25, -0.2) is 4.98 Å². The summed E-state index contributed by atoms with van der Waals surface area (Å²) in [5.41, 5.74) is 0. The van der Waals surface area contributed by atoms with Crippen molar-refractivity contribution in [3.8, 4) is 0 Å². The number of amides is 1. The highest BCUT2D eigenvalue weighted by molar-refractivity contribution is 5.90. The van der Waals surface area contributed by atoms with Gasteiger partial charge >= 0.3 is 5.97 Å². The van der Waals surface area contributed by atoms with Gasteiger partial charge in [-0.2, -0.15) is 0 Å². The predicted molar refractivity (Wildman–Crippen MR) is 75.6 cm³/mol. The number of hydrogen-bond acceptors (Lipinski definition) is 5. The minimum absolute atomic E-state index is 0.100. The number of hydrogen-bond donors (Lipinski definition) is 1. The first-order chi connectivity index (χ1) is 10.2. The van der Waals surface area contributed by atoms with E-state index in [2.05, 4.69) is 15.2 Å². The first-order valence-corrected chi connectivity index (χ1v) is 7.52. The lowest BCUT2D eigenvalue weighted by atomic mass is 9.97. The third-order valence-corrected chi connectivity index (χ3v) is 3.61. The molecule has 0 atom stereocenters. The standard InChI is InChI=1S/C14H22N4O3/c1-3-5-11-15-12(17-16-11)13(19)18-8-6-10(7-9-18)14(20)21-4-2/h10H,3-9H2,1-2H3,(H,15,16,17). The van der Waals surface area contributed by atoms with Gasteiger partial charge in [0.15, 0.2) is 0 Å². The number of nitrogens with one attached hydrogen (secondary N) is 1. The summed E-state index contributed by atoms with van der Waals surface area (Å²) in [6.45, 7) is 5.33. The summed E-state index contributed by atoms with van der Waals surface area (Å²) in [7, 11) is 0. The molecule has 0 radical (unpaired) electrons. The summed E-state index contributed by atoms with van der Waals surface area (Å²) in [6.07, 6.45) is 3.01. The van der Waals surface area contributed by atoms with E-state index in [1.165, 1.54) is 0 Å². The first kappa shape index (κ1) is 15.5.